The molecule has 3 aromatic rings. The van der Waals surface area contributed by atoms with Crippen molar-refractivity contribution in [1.82, 2.24) is 10.2 Å². The van der Waals surface area contributed by atoms with Crippen LogP contribution in [0.3, 0.4) is 0 Å². The maximum absolute atomic E-state index is 12.3. The molecular weight excluding hydrogens is 382 g/mol. The first kappa shape index (κ1) is 16.1. The van der Waals surface area contributed by atoms with E-state index in [0.29, 0.717) is 27.5 Å². The van der Waals surface area contributed by atoms with E-state index >= 15 is 0 Å². The van der Waals surface area contributed by atoms with E-state index in [0.717, 1.165) is 0 Å². The Hall–Kier alpha value is -2.81. The van der Waals surface area contributed by atoms with Gasteiger partial charge in [0.05, 0.1) is 14.2 Å². The SMILES string of the molecule is COc1ccc(C(=O)Nc2nnc(-c3ccc(Br)o3)o2)cc1OC. The predicted octanol–water partition coefficient (Wildman–Crippen LogP) is 3.36. The standard InChI is InChI=1S/C15H12BrN3O5/c1-21-9-4-3-8(7-11(9)22-2)13(20)17-15-19-18-14(24-15)10-5-6-12(16)23-10/h3-7H,1-2H3,(H,17,19,20). The highest BCUT2D eigenvalue weighted by Gasteiger charge is 2.16. The number of ether oxygens (including phenoxy) is 2. The third kappa shape index (κ3) is 3.25. The lowest BCUT2D eigenvalue weighted by Gasteiger charge is -2.08. The zero-order chi connectivity index (χ0) is 17.1. The molecule has 0 aliphatic heterocycles. The summed E-state index contributed by atoms with van der Waals surface area (Å²) in [5, 5.41) is 10.1. The normalized spacial score (nSPS) is 10.5. The number of hydrogen-bond donors (Lipinski definition) is 1. The third-order valence-corrected chi connectivity index (χ3v) is 3.50. The lowest BCUT2D eigenvalue weighted by atomic mass is 10.2. The van der Waals surface area contributed by atoms with E-state index in [9.17, 15) is 4.79 Å². The number of nitrogens with one attached hydrogen (secondary N) is 1. The van der Waals surface area contributed by atoms with E-state index in [4.69, 9.17) is 18.3 Å². The van der Waals surface area contributed by atoms with Gasteiger partial charge in [-0.15, -0.1) is 5.10 Å². The van der Waals surface area contributed by atoms with Gasteiger partial charge in [-0.1, -0.05) is 5.10 Å². The van der Waals surface area contributed by atoms with Crippen molar-refractivity contribution in [2.45, 2.75) is 0 Å². The van der Waals surface area contributed by atoms with Crippen LogP contribution in [0.25, 0.3) is 11.7 Å². The highest BCUT2D eigenvalue weighted by molar-refractivity contribution is 9.10. The summed E-state index contributed by atoms with van der Waals surface area (Å²) < 4.78 is 21.5. The number of rotatable bonds is 5. The van der Waals surface area contributed by atoms with Gasteiger partial charge in [0.1, 0.15) is 0 Å². The number of nitrogens with zero attached hydrogens (tertiary/aromatic N) is 2. The molecule has 0 saturated heterocycles. The molecule has 0 atom stereocenters. The van der Waals surface area contributed by atoms with E-state index in [1.54, 1.807) is 30.3 Å². The first-order valence-electron chi connectivity index (χ1n) is 6.73. The van der Waals surface area contributed by atoms with Gasteiger partial charge in [0.2, 0.25) is 0 Å². The Bertz CT molecular complexity index is 874. The van der Waals surface area contributed by atoms with Crippen molar-refractivity contribution in [3.05, 3.63) is 40.6 Å². The zero-order valence-electron chi connectivity index (χ0n) is 12.7. The molecule has 9 heteroatoms. The van der Waals surface area contributed by atoms with Crippen molar-refractivity contribution in [3.8, 4) is 23.1 Å². The highest BCUT2D eigenvalue weighted by atomic mass is 79.9. The van der Waals surface area contributed by atoms with Crippen LogP contribution in [0.5, 0.6) is 11.5 Å². The number of methoxy groups -OCH3 is 2. The van der Waals surface area contributed by atoms with E-state index < -0.39 is 5.91 Å². The monoisotopic (exact) mass is 393 g/mol. The number of carbonyl (C=O) groups is 1. The third-order valence-electron chi connectivity index (χ3n) is 3.08. The molecule has 2 heterocycles. The van der Waals surface area contributed by atoms with Crippen LogP contribution in [0.2, 0.25) is 0 Å². The molecule has 2 aromatic heterocycles. The van der Waals surface area contributed by atoms with Gasteiger partial charge in [-0.2, -0.15) is 0 Å². The zero-order valence-corrected chi connectivity index (χ0v) is 14.3. The van der Waals surface area contributed by atoms with Crippen LogP contribution >= 0.6 is 15.9 Å². The summed E-state index contributed by atoms with van der Waals surface area (Å²) in [6.07, 6.45) is 0. The largest absolute Gasteiger partial charge is 0.493 e. The molecule has 0 fully saturated rings. The second kappa shape index (κ2) is 6.75. The molecule has 0 bridgehead atoms. The number of hydrogen-bond acceptors (Lipinski definition) is 7. The van der Waals surface area contributed by atoms with Gasteiger partial charge in [0.15, 0.2) is 21.9 Å². The molecule has 1 N–H and O–H groups in total. The van der Waals surface area contributed by atoms with Gasteiger partial charge in [-0.25, -0.2) is 0 Å². The van der Waals surface area contributed by atoms with Crippen LogP contribution in [0.4, 0.5) is 6.01 Å². The highest BCUT2D eigenvalue weighted by Crippen LogP contribution is 2.28. The summed E-state index contributed by atoms with van der Waals surface area (Å²) in [5.41, 5.74) is 0.355. The number of furan rings is 1. The minimum atomic E-state index is -0.424. The Morgan fingerprint density at radius 3 is 2.54 bits per heavy atom. The lowest BCUT2D eigenvalue weighted by molar-refractivity contribution is 0.102. The molecule has 0 radical (unpaired) electrons. The van der Waals surface area contributed by atoms with E-state index in [1.807, 2.05) is 0 Å². The first-order chi connectivity index (χ1) is 11.6. The smallest absolute Gasteiger partial charge is 0.322 e. The number of halogens is 1. The number of anilines is 1. The number of amides is 1. The molecule has 24 heavy (non-hydrogen) atoms. The lowest BCUT2D eigenvalue weighted by Crippen LogP contribution is -2.12. The van der Waals surface area contributed by atoms with Crippen molar-refractivity contribution < 1.29 is 23.1 Å². The minimum absolute atomic E-state index is 0.0442. The second-order valence-corrected chi connectivity index (χ2v) is 5.32. The molecule has 8 nitrogen and oxygen atoms in total. The summed E-state index contributed by atoms with van der Waals surface area (Å²) in [7, 11) is 3.01. The second-order valence-electron chi connectivity index (χ2n) is 4.54. The molecule has 3 rings (SSSR count). The fourth-order valence-electron chi connectivity index (χ4n) is 1.95. The molecule has 0 aliphatic carbocycles. The summed E-state index contributed by atoms with van der Waals surface area (Å²) in [6, 6.07) is 8.09. The number of aromatic nitrogens is 2. The molecule has 1 amide bonds. The molecule has 0 aliphatic rings. The van der Waals surface area contributed by atoms with Gasteiger partial charge in [-0.3, -0.25) is 10.1 Å². The average molecular weight is 394 g/mol. The van der Waals surface area contributed by atoms with Crippen LogP contribution in [0, 0.1) is 0 Å². The van der Waals surface area contributed by atoms with Gasteiger partial charge < -0.3 is 18.3 Å². The average Bonchev–Trinajstić information content (AvgIpc) is 3.23. The minimum Gasteiger partial charge on any atom is -0.493 e. The van der Waals surface area contributed by atoms with Crippen LogP contribution < -0.4 is 14.8 Å². The fourth-order valence-corrected chi connectivity index (χ4v) is 2.26. The van der Waals surface area contributed by atoms with Crippen LogP contribution in [-0.2, 0) is 0 Å². The molecule has 1 aromatic carbocycles. The maximum Gasteiger partial charge on any atom is 0.322 e. The Morgan fingerprint density at radius 1 is 1.08 bits per heavy atom. The van der Waals surface area contributed by atoms with Gasteiger partial charge in [0, 0.05) is 5.56 Å². The van der Waals surface area contributed by atoms with E-state index in [-0.39, 0.29) is 11.9 Å². The van der Waals surface area contributed by atoms with Crippen molar-refractivity contribution in [2.75, 3.05) is 19.5 Å². The summed E-state index contributed by atoms with van der Waals surface area (Å²) in [5.74, 6) is 1.09. The van der Waals surface area contributed by atoms with Crippen molar-refractivity contribution in [2.24, 2.45) is 0 Å². The summed E-state index contributed by atoms with van der Waals surface area (Å²) in [4.78, 5) is 12.3. The fraction of sp³-hybridized carbons (Fsp3) is 0.133. The first-order valence-corrected chi connectivity index (χ1v) is 7.52. The quantitative estimate of drug-likeness (QED) is 0.708. The molecule has 0 unspecified atom stereocenters. The van der Waals surface area contributed by atoms with Crippen molar-refractivity contribution in [3.63, 3.8) is 0 Å². The van der Waals surface area contributed by atoms with E-state index in [2.05, 4.69) is 31.4 Å². The van der Waals surface area contributed by atoms with Crippen molar-refractivity contribution >= 4 is 27.9 Å². The predicted molar refractivity (Wildman–Crippen MR) is 87.2 cm³/mol. The molecular formula is C15H12BrN3O5. The summed E-state index contributed by atoms with van der Waals surface area (Å²) >= 11 is 3.18. The Kier molecular flexibility index (Phi) is 4.52. The van der Waals surface area contributed by atoms with Gasteiger partial charge >= 0.3 is 6.01 Å². The Balaban J connectivity index is 1.77. The maximum atomic E-state index is 12.3. The molecule has 124 valence electrons. The molecule has 0 spiro atoms. The molecule has 0 saturated carbocycles. The topological polar surface area (TPSA) is 99.6 Å². The van der Waals surface area contributed by atoms with Crippen LogP contribution in [0.15, 0.2) is 43.8 Å². The number of carbonyl (C=O) groups excluding carboxylic acids is 1. The van der Waals surface area contributed by atoms with Gasteiger partial charge in [-0.05, 0) is 46.3 Å². The van der Waals surface area contributed by atoms with E-state index in [1.165, 1.54) is 14.2 Å². The number of benzene rings is 1. The van der Waals surface area contributed by atoms with Crippen LogP contribution in [0.1, 0.15) is 10.4 Å². The van der Waals surface area contributed by atoms with Crippen molar-refractivity contribution in [1.29, 1.82) is 0 Å². The van der Waals surface area contributed by atoms with Crippen LogP contribution in [-0.4, -0.2) is 30.3 Å². The summed E-state index contributed by atoms with van der Waals surface area (Å²) in [6.45, 7) is 0. The Labute approximate surface area is 144 Å². The van der Waals surface area contributed by atoms with Gasteiger partial charge in [0.25, 0.3) is 11.8 Å². The Morgan fingerprint density at radius 2 is 1.88 bits per heavy atom.